The fourth-order valence-corrected chi connectivity index (χ4v) is 2.88. The summed E-state index contributed by atoms with van der Waals surface area (Å²) in [6.07, 6.45) is 3.48. The van der Waals surface area contributed by atoms with Crippen molar-refractivity contribution in [3.63, 3.8) is 0 Å². The summed E-state index contributed by atoms with van der Waals surface area (Å²) < 4.78 is 12.9. The van der Waals surface area contributed by atoms with Gasteiger partial charge in [0.1, 0.15) is 23.1 Å². The van der Waals surface area contributed by atoms with Crippen LogP contribution in [0.1, 0.15) is 27.7 Å². The molecule has 0 fully saturated rings. The molecule has 0 saturated carbocycles. The number of aryl methyl sites for hydroxylation is 3. The molecule has 4 rings (SSSR count). The second-order valence-electron chi connectivity index (χ2n) is 6.47. The Morgan fingerprint density at radius 3 is 2.55 bits per heavy atom. The van der Waals surface area contributed by atoms with Crippen molar-refractivity contribution in [2.24, 2.45) is 0 Å². The number of aromatic nitrogens is 4. The highest BCUT2D eigenvalue weighted by Crippen LogP contribution is 2.24. The molecule has 8 nitrogen and oxygen atoms in total. The number of amides is 1. The van der Waals surface area contributed by atoms with Crippen molar-refractivity contribution < 1.29 is 13.9 Å². The van der Waals surface area contributed by atoms with Crippen LogP contribution in [0.5, 0.6) is 11.6 Å². The lowest BCUT2D eigenvalue weighted by Crippen LogP contribution is -2.11. The molecule has 0 aliphatic carbocycles. The predicted octanol–water partition coefficient (Wildman–Crippen LogP) is 4.23. The Kier molecular flexibility index (Phi) is 4.82. The van der Waals surface area contributed by atoms with Gasteiger partial charge in [-0.15, -0.1) is 0 Å². The molecule has 1 N–H and O–H groups in total. The standard InChI is InChI=1S/C21H19N5O3/c1-13-11-18(14(2)28-13)21(27)25-16-5-7-17(8-6-16)29-20-12-19(23-15(3)24-20)26-10-4-9-22-26/h4-12H,1-3H3,(H,25,27). The Labute approximate surface area is 167 Å². The second-order valence-corrected chi connectivity index (χ2v) is 6.47. The summed E-state index contributed by atoms with van der Waals surface area (Å²) in [6.45, 7) is 5.36. The van der Waals surface area contributed by atoms with Gasteiger partial charge in [0.05, 0.1) is 5.56 Å². The van der Waals surface area contributed by atoms with Crippen LogP contribution in [-0.4, -0.2) is 25.7 Å². The number of hydrogen-bond acceptors (Lipinski definition) is 6. The molecule has 0 aliphatic rings. The fourth-order valence-electron chi connectivity index (χ4n) is 2.88. The van der Waals surface area contributed by atoms with E-state index in [1.165, 1.54) is 0 Å². The van der Waals surface area contributed by atoms with Gasteiger partial charge in [0.2, 0.25) is 5.88 Å². The molecule has 0 spiro atoms. The van der Waals surface area contributed by atoms with E-state index >= 15 is 0 Å². The van der Waals surface area contributed by atoms with Crippen LogP contribution in [0.3, 0.4) is 0 Å². The Hall–Kier alpha value is -3.94. The van der Waals surface area contributed by atoms with E-state index in [1.54, 1.807) is 67.3 Å². The summed E-state index contributed by atoms with van der Waals surface area (Å²) in [4.78, 5) is 21.0. The number of carbonyl (C=O) groups is 1. The highest BCUT2D eigenvalue weighted by Gasteiger charge is 2.14. The van der Waals surface area contributed by atoms with Crippen LogP contribution < -0.4 is 10.1 Å². The SMILES string of the molecule is Cc1nc(Oc2ccc(NC(=O)c3cc(C)oc3C)cc2)cc(-n2cccn2)n1. The number of nitrogens with zero attached hydrogens (tertiary/aromatic N) is 4. The molecule has 29 heavy (non-hydrogen) atoms. The van der Waals surface area contributed by atoms with E-state index in [4.69, 9.17) is 9.15 Å². The molecule has 0 unspecified atom stereocenters. The number of nitrogens with one attached hydrogen (secondary N) is 1. The molecule has 3 heterocycles. The van der Waals surface area contributed by atoms with Gasteiger partial charge in [-0.1, -0.05) is 0 Å². The minimum atomic E-state index is -0.219. The first kappa shape index (κ1) is 18.4. The summed E-state index contributed by atoms with van der Waals surface area (Å²) in [6, 6.07) is 12.3. The van der Waals surface area contributed by atoms with Gasteiger partial charge in [0.15, 0.2) is 5.82 Å². The zero-order valence-corrected chi connectivity index (χ0v) is 16.2. The van der Waals surface area contributed by atoms with E-state index in [-0.39, 0.29) is 5.91 Å². The average Bonchev–Trinajstić information content (AvgIpc) is 3.32. The smallest absolute Gasteiger partial charge is 0.259 e. The van der Waals surface area contributed by atoms with Crippen molar-refractivity contribution in [2.75, 3.05) is 5.32 Å². The maximum absolute atomic E-state index is 12.4. The van der Waals surface area contributed by atoms with E-state index in [2.05, 4.69) is 20.4 Å². The van der Waals surface area contributed by atoms with Crippen molar-refractivity contribution in [1.29, 1.82) is 0 Å². The van der Waals surface area contributed by atoms with Gasteiger partial charge in [-0.2, -0.15) is 10.1 Å². The molecular formula is C21H19N5O3. The van der Waals surface area contributed by atoms with E-state index in [0.717, 1.165) is 0 Å². The monoisotopic (exact) mass is 389 g/mol. The van der Waals surface area contributed by atoms with Crippen LogP contribution >= 0.6 is 0 Å². The van der Waals surface area contributed by atoms with Gasteiger partial charge in [0.25, 0.3) is 5.91 Å². The van der Waals surface area contributed by atoms with Crippen molar-refractivity contribution in [3.8, 4) is 17.4 Å². The van der Waals surface area contributed by atoms with Crippen LogP contribution in [0.2, 0.25) is 0 Å². The molecule has 1 aromatic carbocycles. The minimum Gasteiger partial charge on any atom is -0.466 e. The maximum atomic E-state index is 12.4. The van der Waals surface area contributed by atoms with E-state index in [9.17, 15) is 4.79 Å². The average molecular weight is 389 g/mol. The molecule has 8 heteroatoms. The Morgan fingerprint density at radius 2 is 1.90 bits per heavy atom. The predicted molar refractivity (Wildman–Crippen MR) is 107 cm³/mol. The molecule has 0 radical (unpaired) electrons. The van der Waals surface area contributed by atoms with Crippen molar-refractivity contribution in [1.82, 2.24) is 19.7 Å². The highest BCUT2D eigenvalue weighted by atomic mass is 16.5. The minimum absolute atomic E-state index is 0.219. The zero-order chi connectivity index (χ0) is 20.4. The summed E-state index contributed by atoms with van der Waals surface area (Å²) in [5, 5.41) is 7.02. The first-order valence-electron chi connectivity index (χ1n) is 9.00. The normalized spacial score (nSPS) is 10.7. The summed E-state index contributed by atoms with van der Waals surface area (Å²) >= 11 is 0. The molecular weight excluding hydrogens is 370 g/mol. The van der Waals surface area contributed by atoms with Crippen molar-refractivity contribution >= 4 is 11.6 Å². The lowest BCUT2D eigenvalue weighted by molar-refractivity contribution is 0.102. The second kappa shape index (κ2) is 7.59. The summed E-state index contributed by atoms with van der Waals surface area (Å²) in [5.41, 5.74) is 1.17. The molecule has 0 atom stereocenters. The number of ether oxygens (including phenoxy) is 1. The third-order valence-electron chi connectivity index (χ3n) is 4.16. The topological polar surface area (TPSA) is 95.1 Å². The van der Waals surface area contributed by atoms with Crippen molar-refractivity contribution in [3.05, 3.63) is 77.8 Å². The van der Waals surface area contributed by atoms with Crippen LogP contribution in [0, 0.1) is 20.8 Å². The number of furan rings is 1. The van der Waals surface area contributed by atoms with E-state index < -0.39 is 0 Å². The van der Waals surface area contributed by atoms with E-state index in [0.29, 0.717) is 46.0 Å². The number of hydrogen-bond donors (Lipinski definition) is 1. The summed E-state index contributed by atoms with van der Waals surface area (Å²) in [5.74, 6) is 3.25. The molecule has 0 aliphatic heterocycles. The molecule has 1 amide bonds. The highest BCUT2D eigenvalue weighted by molar-refractivity contribution is 6.05. The van der Waals surface area contributed by atoms with Crippen LogP contribution in [0.15, 0.2) is 59.3 Å². The molecule has 3 aromatic heterocycles. The van der Waals surface area contributed by atoms with Gasteiger partial charge in [-0.3, -0.25) is 4.79 Å². The first-order valence-corrected chi connectivity index (χ1v) is 9.00. The Bertz CT molecular complexity index is 1150. The fraction of sp³-hybridized carbons (Fsp3) is 0.143. The maximum Gasteiger partial charge on any atom is 0.259 e. The zero-order valence-electron chi connectivity index (χ0n) is 16.2. The number of carbonyl (C=O) groups excluding carboxylic acids is 1. The lowest BCUT2D eigenvalue weighted by Gasteiger charge is -2.09. The molecule has 146 valence electrons. The Morgan fingerprint density at radius 1 is 1.10 bits per heavy atom. The largest absolute Gasteiger partial charge is 0.466 e. The number of benzene rings is 1. The first-order chi connectivity index (χ1) is 14.0. The quantitative estimate of drug-likeness (QED) is 0.549. The van der Waals surface area contributed by atoms with Crippen LogP contribution in [0.25, 0.3) is 5.82 Å². The van der Waals surface area contributed by atoms with Crippen molar-refractivity contribution in [2.45, 2.75) is 20.8 Å². The third kappa shape index (κ3) is 4.16. The third-order valence-corrected chi connectivity index (χ3v) is 4.16. The molecule has 0 saturated heterocycles. The molecule has 4 aromatic rings. The lowest BCUT2D eigenvalue weighted by atomic mass is 10.2. The Balaban J connectivity index is 1.47. The summed E-state index contributed by atoms with van der Waals surface area (Å²) in [7, 11) is 0. The van der Waals surface area contributed by atoms with Gasteiger partial charge < -0.3 is 14.5 Å². The molecule has 0 bridgehead atoms. The van der Waals surface area contributed by atoms with Gasteiger partial charge in [-0.05, 0) is 57.2 Å². The van der Waals surface area contributed by atoms with Gasteiger partial charge in [0, 0.05) is 24.1 Å². The van der Waals surface area contributed by atoms with Gasteiger partial charge in [-0.25, -0.2) is 9.67 Å². The number of rotatable bonds is 5. The van der Waals surface area contributed by atoms with E-state index in [1.807, 2.05) is 13.0 Å². The van der Waals surface area contributed by atoms with Crippen LogP contribution in [-0.2, 0) is 0 Å². The number of anilines is 1. The van der Waals surface area contributed by atoms with Gasteiger partial charge >= 0.3 is 0 Å². The van der Waals surface area contributed by atoms with Crippen LogP contribution in [0.4, 0.5) is 5.69 Å².